The highest BCUT2D eigenvalue weighted by Crippen LogP contribution is 2.32. The van der Waals surface area contributed by atoms with E-state index in [-0.39, 0.29) is 0 Å². The lowest BCUT2D eigenvalue weighted by Crippen LogP contribution is -2.10. The maximum Gasteiger partial charge on any atom is 0.268 e. The Morgan fingerprint density at radius 1 is 1.28 bits per heavy atom. The first-order chi connectivity index (χ1) is 12.0. The smallest absolute Gasteiger partial charge is 0.268 e. The van der Waals surface area contributed by atoms with Gasteiger partial charge in [-0.05, 0) is 32.4 Å². The number of aromatic nitrogens is 4. The molecule has 7 heteroatoms. The van der Waals surface area contributed by atoms with Crippen molar-refractivity contribution in [1.82, 2.24) is 19.6 Å². The molecule has 0 radical (unpaired) electrons. The number of rotatable bonds is 5. The third-order valence-electron chi connectivity index (χ3n) is 4.17. The molecule has 0 atom stereocenters. The standard InChI is InChI=1S/C18H21N7/c1-5-14-12(3)18-23-17(15(20-4)16(19)25(18)24-14)21-10-9-13-8-6-7-11(2)22-13/h6-8H,5,9-10,19H2,1-3H3,(H,21,23). The highest BCUT2D eigenvalue weighted by atomic mass is 15.3. The van der Waals surface area contributed by atoms with E-state index >= 15 is 0 Å². The van der Waals surface area contributed by atoms with E-state index in [1.807, 2.05) is 39.0 Å². The number of hydrogen-bond donors (Lipinski definition) is 2. The third-order valence-corrected chi connectivity index (χ3v) is 4.17. The van der Waals surface area contributed by atoms with Crippen molar-refractivity contribution in [2.24, 2.45) is 0 Å². The SMILES string of the molecule is [C-]#[N+]c1c(NCCc2cccc(C)n2)nc2c(C)c(CC)nn2c1N. The summed E-state index contributed by atoms with van der Waals surface area (Å²) in [6.07, 6.45) is 1.54. The first-order valence-electron chi connectivity index (χ1n) is 8.26. The van der Waals surface area contributed by atoms with Crippen molar-refractivity contribution in [2.45, 2.75) is 33.6 Å². The summed E-state index contributed by atoms with van der Waals surface area (Å²) in [6, 6.07) is 5.95. The fourth-order valence-electron chi connectivity index (χ4n) is 2.83. The average molecular weight is 335 g/mol. The molecule has 0 aliphatic heterocycles. The first-order valence-corrected chi connectivity index (χ1v) is 8.26. The number of nitrogen functional groups attached to an aromatic ring is 1. The molecule has 0 saturated carbocycles. The van der Waals surface area contributed by atoms with Crippen LogP contribution in [0.3, 0.4) is 0 Å². The predicted molar refractivity (Wildman–Crippen MR) is 98.9 cm³/mol. The summed E-state index contributed by atoms with van der Waals surface area (Å²) in [4.78, 5) is 12.6. The Morgan fingerprint density at radius 3 is 2.76 bits per heavy atom. The molecule has 3 N–H and O–H groups in total. The van der Waals surface area contributed by atoms with Gasteiger partial charge in [0.15, 0.2) is 5.65 Å². The molecule has 25 heavy (non-hydrogen) atoms. The number of pyridine rings is 1. The van der Waals surface area contributed by atoms with Crippen LogP contribution in [0.5, 0.6) is 0 Å². The minimum atomic E-state index is 0.301. The number of nitrogens with two attached hydrogens (primary N) is 1. The normalized spacial score (nSPS) is 10.8. The summed E-state index contributed by atoms with van der Waals surface area (Å²) >= 11 is 0. The van der Waals surface area contributed by atoms with Crippen LogP contribution < -0.4 is 11.1 Å². The van der Waals surface area contributed by atoms with E-state index < -0.39 is 0 Å². The fourth-order valence-corrected chi connectivity index (χ4v) is 2.83. The molecule has 0 unspecified atom stereocenters. The maximum atomic E-state index is 7.45. The van der Waals surface area contributed by atoms with Gasteiger partial charge in [-0.2, -0.15) is 5.10 Å². The topological polar surface area (TPSA) is 85.5 Å². The molecule has 0 spiro atoms. The molecule has 0 fully saturated rings. The van der Waals surface area contributed by atoms with E-state index in [4.69, 9.17) is 12.3 Å². The first kappa shape index (κ1) is 16.7. The highest BCUT2D eigenvalue weighted by Gasteiger charge is 2.17. The second-order valence-corrected chi connectivity index (χ2v) is 5.91. The van der Waals surface area contributed by atoms with Gasteiger partial charge < -0.3 is 11.1 Å². The Bertz CT molecular complexity index is 966. The monoisotopic (exact) mass is 335 g/mol. The average Bonchev–Trinajstić information content (AvgIpc) is 2.92. The van der Waals surface area contributed by atoms with Crippen LogP contribution in [-0.4, -0.2) is 26.1 Å². The largest absolute Gasteiger partial charge is 0.392 e. The van der Waals surface area contributed by atoms with Crippen LogP contribution in [0.4, 0.5) is 17.3 Å². The van der Waals surface area contributed by atoms with Crippen LogP contribution in [0.2, 0.25) is 0 Å². The molecular weight excluding hydrogens is 314 g/mol. The number of anilines is 2. The lowest BCUT2D eigenvalue weighted by Gasteiger charge is -2.11. The van der Waals surface area contributed by atoms with Crippen LogP contribution in [0.15, 0.2) is 18.2 Å². The van der Waals surface area contributed by atoms with Crippen molar-refractivity contribution in [3.8, 4) is 0 Å². The van der Waals surface area contributed by atoms with Gasteiger partial charge in [-0.15, -0.1) is 0 Å². The molecule has 0 amide bonds. The van der Waals surface area contributed by atoms with Crippen molar-refractivity contribution < 1.29 is 0 Å². The minimum Gasteiger partial charge on any atom is -0.392 e. The number of nitrogens with one attached hydrogen (secondary N) is 1. The number of nitrogens with zero attached hydrogens (tertiary/aromatic N) is 5. The summed E-state index contributed by atoms with van der Waals surface area (Å²) in [5.41, 5.74) is 11.1. The van der Waals surface area contributed by atoms with Crippen molar-refractivity contribution in [3.63, 3.8) is 0 Å². The van der Waals surface area contributed by atoms with Crippen molar-refractivity contribution in [1.29, 1.82) is 0 Å². The van der Waals surface area contributed by atoms with Crippen LogP contribution in [0, 0.1) is 20.4 Å². The van der Waals surface area contributed by atoms with E-state index in [1.54, 1.807) is 4.52 Å². The van der Waals surface area contributed by atoms with Gasteiger partial charge in [0.25, 0.3) is 5.69 Å². The fraction of sp³-hybridized carbons (Fsp3) is 0.333. The Labute approximate surface area is 146 Å². The van der Waals surface area contributed by atoms with Crippen LogP contribution in [0.25, 0.3) is 10.5 Å². The molecule has 0 bridgehead atoms. The van der Waals surface area contributed by atoms with E-state index in [0.717, 1.165) is 35.5 Å². The van der Waals surface area contributed by atoms with Crippen LogP contribution >= 0.6 is 0 Å². The molecule has 128 valence electrons. The zero-order valence-corrected chi connectivity index (χ0v) is 14.7. The Morgan fingerprint density at radius 2 is 2.08 bits per heavy atom. The Kier molecular flexibility index (Phi) is 4.52. The zero-order chi connectivity index (χ0) is 18.0. The summed E-state index contributed by atoms with van der Waals surface area (Å²) in [7, 11) is 0. The van der Waals surface area contributed by atoms with Crippen LogP contribution in [-0.2, 0) is 12.8 Å². The van der Waals surface area contributed by atoms with Gasteiger partial charge in [0.2, 0.25) is 0 Å². The summed E-state index contributed by atoms with van der Waals surface area (Å²) in [5.74, 6) is 0.817. The molecule has 0 aromatic carbocycles. The Hall–Kier alpha value is -3.14. The molecule has 0 aliphatic carbocycles. The Balaban J connectivity index is 1.90. The van der Waals surface area contributed by atoms with Crippen LogP contribution in [0.1, 0.15) is 29.6 Å². The van der Waals surface area contributed by atoms with E-state index in [9.17, 15) is 0 Å². The summed E-state index contributed by atoms with van der Waals surface area (Å²) in [5, 5.41) is 7.70. The van der Waals surface area contributed by atoms with Gasteiger partial charge in [-0.1, -0.05) is 13.0 Å². The molecule has 3 aromatic rings. The van der Waals surface area contributed by atoms with E-state index in [0.29, 0.717) is 29.5 Å². The number of fused-ring (bicyclic) bond motifs is 1. The lowest BCUT2D eigenvalue weighted by molar-refractivity contribution is 0.893. The molecule has 3 rings (SSSR count). The maximum absolute atomic E-state index is 7.45. The molecule has 3 aromatic heterocycles. The van der Waals surface area contributed by atoms with Gasteiger partial charge in [-0.25, -0.2) is 14.3 Å². The summed E-state index contributed by atoms with van der Waals surface area (Å²) in [6.45, 7) is 14.1. The molecule has 3 heterocycles. The highest BCUT2D eigenvalue weighted by molar-refractivity contribution is 5.80. The minimum absolute atomic E-state index is 0.301. The predicted octanol–water partition coefficient (Wildman–Crippen LogP) is 3.09. The van der Waals surface area contributed by atoms with Crippen molar-refractivity contribution >= 4 is 23.0 Å². The zero-order valence-electron chi connectivity index (χ0n) is 14.7. The van der Waals surface area contributed by atoms with Gasteiger partial charge in [0, 0.05) is 29.9 Å². The van der Waals surface area contributed by atoms with Crippen molar-refractivity contribution in [3.05, 3.63) is 52.3 Å². The van der Waals surface area contributed by atoms with Gasteiger partial charge >= 0.3 is 0 Å². The molecule has 0 saturated heterocycles. The van der Waals surface area contributed by atoms with Gasteiger partial charge in [-0.3, -0.25) is 4.98 Å². The third kappa shape index (κ3) is 3.11. The van der Waals surface area contributed by atoms with Gasteiger partial charge in [0.05, 0.1) is 12.3 Å². The summed E-state index contributed by atoms with van der Waals surface area (Å²) < 4.78 is 1.56. The van der Waals surface area contributed by atoms with E-state index in [2.05, 4.69) is 25.2 Å². The lowest BCUT2D eigenvalue weighted by atomic mass is 10.2. The molecular formula is C18H21N7. The van der Waals surface area contributed by atoms with Crippen molar-refractivity contribution in [2.75, 3.05) is 17.6 Å². The van der Waals surface area contributed by atoms with E-state index in [1.165, 1.54) is 0 Å². The number of hydrogen-bond acceptors (Lipinski definition) is 5. The second kappa shape index (κ2) is 6.77. The second-order valence-electron chi connectivity index (χ2n) is 5.91. The number of aryl methyl sites for hydroxylation is 3. The van der Waals surface area contributed by atoms with Gasteiger partial charge in [0.1, 0.15) is 11.6 Å². The molecule has 0 aliphatic rings. The molecule has 7 nitrogen and oxygen atoms in total. The quantitative estimate of drug-likeness (QED) is 0.700.